The van der Waals surface area contributed by atoms with Crippen LogP contribution in [0.5, 0.6) is 5.75 Å². The van der Waals surface area contributed by atoms with Gasteiger partial charge < -0.3 is 10.1 Å². The number of hydrogen-bond acceptors (Lipinski definition) is 3. The molecule has 0 fully saturated rings. The van der Waals surface area contributed by atoms with Gasteiger partial charge in [0, 0.05) is 6.20 Å². The number of anilines is 1. The van der Waals surface area contributed by atoms with Crippen molar-refractivity contribution in [3.8, 4) is 5.75 Å². The summed E-state index contributed by atoms with van der Waals surface area (Å²) >= 11 is 0. The number of benzene rings is 1. The zero-order chi connectivity index (χ0) is 17.1. The molecule has 0 atom stereocenters. The van der Waals surface area contributed by atoms with Crippen molar-refractivity contribution in [3.63, 3.8) is 0 Å². The second-order valence-electron chi connectivity index (χ2n) is 4.34. The minimum Gasteiger partial charge on any atom is -0.425 e. The number of ether oxygens (including phenoxy) is 1. The molecule has 1 N–H and O–H groups in total. The average Bonchev–Trinajstić information content (AvgIpc) is 2.47. The van der Waals surface area contributed by atoms with Crippen molar-refractivity contribution in [3.05, 3.63) is 54.4 Å². The van der Waals surface area contributed by atoms with Crippen molar-refractivity contribution in [2.24, 2.45) is 0 Å². The molecule has 0 aliphatic carbocycles. The van der Waals surface area contributed by atoms with E-state index in [1.54, 1.807) is 0 Å². The topological polar surface area (TPSA) is 51.2 Å². The Morgan fingerprint density at radius 1 is 1.09 bits per heavy atom. The van der Waals surface area contributed by atoms with E-state index >= 15 is 0 Å². The van der Waals surface area contributed by atoms with Gasteiger partial charge in [-0.1, -0.05) is 6.07 Å². The number of pyridine rings is 1. The van der Waals surface area contributed by atoms with Gasteiger partial charge in [0.25, 0.3) is 0 Å². The Labute approximate surface area is 126 Å². The summed E-state index contributed by atoms with van der Waals surface area (Å²) < 4.78 is 69.0. The first-order valence-electron chi connectivity index (χ1n) is 6.14. The normalized spacial score (nSPS) is 11.9. The van der Waals surface area contributed by atoms with Gasteiger partial charge in [-0.2, -0.15) is 22.0 Å². The lowest BCUT2D eigenvalue weighted by atomic mass is 10.2. The van der Waals surface area contributed by atoms with Crippen LogP contribution in [0, 0.1) is 0 Å². The molecular formula is C14H9F5N2O2. The number of nitrogens with one attached hydrogen (secondary N) is 1. The maximum atomic E-state index is 13.7. The van der Waals surface area contributed by atoms with E-state index in [0.717, 1.165) is 18.3 Å². The van der Waals surface area contributed by atoms with Gasteiger partial charge in [0.05, 0.1) is 17.4 Å². The number of hydrogen-bond donors (Lipinski definition) is 1. The van der Waals surface area contributed by atoms with Crippen molar-refractivity contribution in [1.82, 2.24) is 4.98 Å². The molecule has 0 bridgehead atoms. The standard InChI is InChI=1S/C14H9F5N2O2/c15-13(16,17)9-3-1-5-11(7-9)23-14(18,19)12(22)21-10-4-2-6-20-8-10/h1-8H,(H,21,22). The summed E-state index contributed by atoms with van der Waals surface area (Å²) in [7, 11) is 0. The van der Waals surface area contributed by atoms with Crippen LogP contribution < -0.4 is 10.1 Å². The van der Waals surface area contributed by atoms with Crippen molar-refractivity contribution in [1.29, 1.82) is 0 Å². The SMILES string of the molecule is O=C(Nc1cccnc1)C(F)(F)Oc1cccc(C(F)(F)F)c1. The Morgan fingerprint density at radius 2 is 1.83 bits per heavy atom. The largest absolute Gasteiger partial charge is 0.482 e. The molecule has 1 aromatic carbocycles. The van der Waals surface area contributed by atoms with Gasteiger partial charge in [0.2, 0.25) is 0 Å². The number of alkyl halides is 5. The molecule has 1 heterocycles. The lowest BCUT2D eigenvalue weighted by Crippen LogP contribution is -2.40. The molecule has 0 saturated carbocycles. The summed E-state index contributed by atoms with van der Waals surface area (Å²) in [5.41, 5.74) is -1.18. The van der Waals surface area contributed by atoms with E-state index < -0.39 is 29.5 Å². The number of rotatable bonds is 4. The molecular weight excluding hydrogens is 323 g/mol. The average molecular weight is 332 g/mol. The first kappa shape index (κ1) is 16.7. The van der Waals surface area contributed by atoms with E-state index in [-0.39, 0.29) is 5.69 Å². The van der Waals surface area contributed by atoms with Crippen LogP contribution in [0.1, 0.15) is 5.56 Å². The number of aromatic nitrogens is 1. The second-order valence-corrected chi connectivity index (χ2v) is 4.34. The molecule has 23 heavy (non-hydrogen) atoms. The molecule has 0 aliphatic heterocycles. The van der Waals surface area contributed by atoms with E-state index in [4.69, 9.17) is 0 Å². The predicted octanol–water partition coefficient (Wildman–Crippen LogP) is 3.71. The lowest BCUT2D eigenvalue weighted by molar-refractivity contribution is -0.187. The fraction of sp³-hybridized carbons (Fsp3) is 0.143. The molecule has 4 nitrogen and oxygen atoms in total. The van der Waals surface area contributed by atoms with Crippen LogP contribution in [0.25, 0.3) is 0 Å². The Bertz CT molecular complexity index is 689. The molecule has 9 heteroatoms. The molecule has 2 rings (SSSR count). The summed E-state index contributed by atoms with van der Waals surface area (Å²) in [6.07, 6.45) is -6.59. The van der Waals surface area contributed by atoms with Crippen molar-refractivity contribution >= 4 is 11.6 Å². The lowest BCUT2D eigenvalue weighted by Gasteiger charge is -2.18. The van der Waals surface area contributed by atoms with Crippen LogP contribution in [0.4, 0.5) is 27.6 Å². The molecule has 0 spiro atoms. The highest BCUT2D eigenvalue weighted by Crippen LogP contribution is 2.32. The van der Waals surface area contributed by atoms with Crippen molar-refractivity contribution in [2.75, 3.05) is 5.32 Å². The highest BCUT2D eigenvalue weighted by atomic mass is 19.4. The van der Waals surface area contributed by atoms with E-state index in [1.165, 1.54) is 18.3 Å². The summed E-state index contributed by atoms with van der Waals surface area (Å²) in [5, 5.41) is 1.85. The van der Waals surface area contributed by atoms with Gasteiger partial charge in [0.15, 0.2) is 0 Å². The third-order valence-corrected chi connectivity index (χ3v) is 2.59. The second kappa shape index (κ2) is 6.19. The number of halogens is 5. The summed E-state index contributed by atoms with van der Waals surface area (Å²) in [6, 6.07) is 5.58. The van der Waals surface area contributed by atoms with Crippen LogP contribution in [-0.4, -0.2) is 17.0 Å². The molecule has 1 amide bonds. The summed E-state index contributed by atoms with van der Waals surface area (Å²) in [6.45, 7) is 0. The third kappa shape index (κ3) is 4.38. The minimum absolute atomic E-state index is 0.00943. The van der Waals surface area contributed by atoms with Crippen LogP contribution in [-0.2, 0) is 11.0 Å². The molecule has 122 valence electrons. The number of carbonyl (C=O) groups excluding carboxylic acids is 1. The fourth-order valence-electron chi connectivity index (χ4n) is 1.57. The van der Waals surface area contributed by atoms with Crippen LogP contribution in [0.2, 0.25) is 0 Å². The zero-order valence-electron chi connectivity index (χ0n) is 11.3. The Kier molecular flexibility index (Phi) is 4.48. The summed E-state index contributed by atoms with van der Waals surface area (Å²) in [4.78, 5) is 15.1. The van der Waals surface area contributed by atoms with Crippen LogP contribution in [0.15, 0.2) is 48.8 Å². The molecule has 0 unspecified atom stereocenters. The predicted molar refractivity (Wildman–Crippen MR) is 69.9 cm³/mol. The molecule has 2 aromatic rings. The highest BCUT2D eigenvalue weighted by molar-refractivity contribution is 5.95. The van der Waals surface area contributed by atoms with E-state index in [9.17, 15) is 26.7 Å². The zero-order valence-corrected chi connectivity index (χ0v) is 11.3. The minimum atomic E-state index is -4.72. The quantitative estimate of drug-likeness (QED) is 0.869. The van der Waals surface area contributed by atoms with Gasteiger partial charge in [-0.25, -0.2) is 0 Å². The van der Waals surface area contributed by atoms with Gasteiger partial charge >= 0.3 is 18.2 Å². The molecule has 1 aromatic heterocycles. The van der Waals surface area contributed by atoms with Gasteiger partial charge in [-0.05, 0) is 30.3 Å². The maximum absolute atomic E-state index is 13.7. The van der Waals surface area contributed by atoms with Crippen molar-refractivity contribution in [2.45, 2.75) is 12.3 Å². The van der Waals surface area contributed by atoms with Gasteiger partial charge in [0.1, 0.15) is 5.75 Å². The monoisotopic (exact) mass is 332 g/mol. The van der Waals surface area contributed by atoms with E-state index in [2.05, 4.69) is 9.72 Å². The smallest absolute Gasteiger partial charge is 0.425 e. The number of amides is 1. The maximum Gasteiger partial charge on any atom is 0.482 e. The van der Waals surface area contributed by atoms with Crippen LogP contribution >= 0.6 is 0 Å². The van der Waals surface area contributed by atoms with E-state index in [0.29, 0.717) is 12.1 Å². The molecule has 0 radical (unpaired) electrons. The van der Waals surface area contributed by atoms with Gasteiger partial charge in [-0.3, -0.25) is 9.78 Å². The molecule has 0 saturated heterocycles. The first-order chi connectivity index (χ1) is 10.7. The Hall–Kier alpha value is -2.71. The Balaban J connectivity index is 2.13. The van der Waals surface area contributed by atoms with Crippen molar-refractivity contribution < 1.29 is 31.5 Å². The third-order valence-electron chi connectivity index (χ3n) is 2.59. The summed E-state index contributed by atoms with van der Waals surface area (Å²) in [5.74, 6) is -2.62. The number of nitrogens with zero attached hydrogens (tertiary/aromatic N) is 1. The Morgan fingerprint density at radius 3 is 2.43 bits per heavy atom. The highest BCUT2D eigenvalue weighted by Gasteiger charge is 2.43. The number of carbonyl (C=O) groups is 1. The fourth-order valence-corrected chi connectivity index (χ4v) is 1.57. The van der Waals surface area contributed by atoms with Gasteiger partial charge in [-0.15, -0.1) is 0 Å². The molecule has 0 aliphatic rings. The van der Waals surface area contributed by atoms with Crippen LogP contribution in [0.3, 0.4) is 0 Å². The van der Waals surface area contributed by atoms with E-state index in [1.807, 2.05) is 5.32 Å². The first-order valence-corrected chi connectivity index (χ1v) is 6.14.